The van der Waals surface area contributed by atoms with Gasteiger partial charge in [0.25, 0.3) is 0 Å². The molecule has 3 heterocycles. The van der Waals surface area contributed by atoms with Crippen molar-refractivity contribution in [3.8, 4) is 28.1 Å². The van der Waals surface area contributed by atoms with E-state index in [2.05, 4.69) is 50.9 Å². The van der Waals surface area contributed by atoms with Gasteiger partial charge < -0.3 is 9.30 Å². The highest BCUT2D eigenvalue weighted by Gasteiger charge is 2.27. The number of methoxy groups -OCH3 is 1. The maximum atomic E-state index is 5.32. The molecule has 4 nitrogen and oxygen atoms in total. The Kier molecular flexibility index (Phi) is 4.82. The van der Waals surface area contributed by atoms with Gasteiger partial charge in [0.05, 0.1) is 13.3 Å². The second-order valence-electron chi connectivity index (χ2n) is 7.20. The molecule has 0 bridgehead atoms. The number of hydrogen-bond acceptors (Lipinski definition) is 3. The van der Waals surface area contributed by atoms with Crippen LogP contribution in [0.2, 0.25) is 0 Å². The van der Waals surface area contributed by atoms with Crippen LogP contribution in [0, 0.1) is 6.92 Å². The summed E-state index contributed by atoms with van der Waals surface area (Å²) in [6.45, 7) is 2.04. The van der Waals surface area contributed by atoms with Crippen molar-refractivity contribution in [1.82, 2.24) is 14.5 Å². The summed E-state index contributed by atoms with van der Waals surface area (Å²) in [7, 11) is 1.67. The highest BCUT2D eigenvalue weighted by atomic mass is 35.5. The van der Waals surface area contributed by atoms with Gasteiger partial charge in [-0.1, -0.05) is 6.07 Å². The van der Waals surface area contributed by atoms with E-state index in [0.717, 1.165) is 22.6 Å². The number of ether oxygens (including phenoxy) is 1. The second kappa shape index (κ2) is 7.28. The van der Waals surface area contributed by atoms with Crippen LogP contribution in [0.5, 0.6) is 5.75 Å². The van der Waals surface area contributed by atoms with Crippen molar-refractivity contribution >= 4 is 23.3 Å². The fourth-order valence-electron chi connectivity index (χ4n) is 3.76. The van der Waals surface area contributed by atoms with E-state index >= 15 is 0 Å². The summed E-state index contributed by atoms with van der Waals surface area (Å²) in [5.74, 6) is 0.774. The van der Waals surface area contributed by atoms with E-state index in [4.69, 9.17) is 4.74 Å². The molecule has 0 amide bonds. The normalized spacial score (nSPS) is 13.4. The van der Waals surface area contributed by atoms with Crippen LogP contribution < -0.4 is 4.74 Å². The van der Waals surface area contributed by atoms with Gasteiger partial charge in [0.1, 0.15) is 5.75 Å². The highest BCUT2D eigenvalue weighted by Crippen LogP contribution is 2.43. The Morgan fingerprint density at radius 3 is 2.57 bits per heavy atom. The van der Waals surface area contributed by atoms with E-state index in [1.807, 2.05) is 25.4 Å². The third-order valence-corrected chi connectivity index (χ3v) is 5.23. The summed E-state index contributed by atoms with van der Waals surface area (Å²) in [6, 6.07) is 15.9. The van der Waals surface area contributed by atoms with Crippen LogP contribution >= 0.6 is 12.4 Å². The molecule has 1 aromatic carbocycles. The number of rotatable bonds is 4. The minimum absolute atomic E-state index is 0. The quantitative estimate of drug-likeness (QED) is 0.438. The first-order chi connectivity index (χ1) is 13.2. The summed E-state index contributed by atoms with van der Waals surface area (Å²) in [5, 5.41) is 1.26. The molecule has 3 aromatic heterocycles. The number of halogens is 1. The zero-order valence-corrected chi connectivity index (χ0v) is 16.7. The molecule has 28 heavy (non-hydrogen) atoms. The Morgan fingerprint density at radius 1 is 0.964 bits per heavy atom. The van der Waals surface area contributed by atoms with E-state index in [-0.39, 0.29) is 12.4 Å². The number of pyridine rings is 2. The first-order valence-corrected chi connectivity index (χ1v) is 9.30. The van der Waals surface area contributed by atoms with Crippen molar-refractivity contribution in [2.45, 2.75) is 25.8 Å². The first-order valence-electron chi connectivity index (χ1n) is 9.30. The Bertz CT molecular complexity index is 1150. The SMILES string of the molecule is COc1cncc(-c2ccc3c(c2)cc(-c2ccnc(C)c2)n3C2CC2)c1.Cl. The van der Waals surface area contributed by atoms with Crippen molar-refractivity contribution in [2.24, 2.45) is 0 Å². The van der Waals surface area contributed by atoms with Gasteiger partial charge in [-0.05, 0) is 61.7 Å². The lowest BCUT2D eigenvalue weighted by Gasteiger charge is -2.10. The van der Waals surface area contributed by atoms with E-state index in [9.17, 15) is 0 Å². The van der Waals surface area contributed by atoms with E-state index in [0.29, 0.717) is 6.04 Å². The van der Waals surface area contributed by atoms with Crippen LogP contribution in [0.4, 0.5) is 0 Å². The second-order valence-corrected chi connectivity index (χ2v) is 7.20. The van der Waals surface area contributed by atoms with Gasteiger partial charge in [-0.2, -0.15) is 0 Å². The van der Waals surface area contributed by atoms with Crippen molar-refractivity contribution in [3.05, 3.63) is 66.7 Å². The standard InChI is InChI=1S/C23H21N3O.ClH/c1-15-9-17(7-8-25-15)23-12-18-10-16(19-11-21(27-2)14-24-13-19)3-6-22(18)26(23)20-4-5-20;/h3,6-14,20H,4-5H2,1-2H3;1H. The van der Waals surface area contributed by atoms with E-state index in [1.165, 1.54) is 35.0 Å². The Hall–Kier alpha value is -2.85. The Labute approximate surface area is 170 Å². The monoisotopic (exact) mass is 391 g/mol. The molecule has 5 heteroatoms. The van der Waals surface area contributed by atoms with Crippen LogP contribution in [-0.2, 0) is 0 Å². The van der Waals surface area contributed by atoms with Crippen molar-refractivity contribution in [2.75, 3.05) is 7.11 Å². The zero-order valence-electron chi connectivity index (χ0n) is 15.9. The number of aromatic nitrogens is 3. The third kappa shape index (κ3) is 3.25. The largest absolute Gasteiger partial charge is 0.495 e. The molecule has 1 aliphatic rings. The summed E-state index contributed by atoms with van der Waals surface area (Å²) in [5.41, 5.74) is 7.06. The number of benzene rings is 1. The maximum absolute atomic E-state index is 5.32. The molecule has 0 aliphatic heterocycles. The summed E-state index contributed by atoms with van der Waals surface area (Å²) < 4.78 is 7.82. The predicted octanol–water partition coefficient (Wildman–Crippen LogP) is 5.84. The lowest BCUT2D eigenvalue weighted by molar-refractivity contribution is 0.413. The topological polar surface area (TPSA) is 39.9 Å². The molecule has 1 fully saturated rings. The van der Waals surface area contributed by atoms with Gasteiger partial charge in [0, 0.05) is 51.9 Å². The molecule has 0 radical (unpaired) electrons. The van der Waals surface area contributed by atoms with Crippen LogP contribution in [0.15, 0.2) is 61.1 Å². The highest BCUT2D eigenvalue weighted by molar-refractivity contribution is 5.91. The molecule has 0 atom stereocenters. The Balaban J connectivity index is 0.00000192. The molecule has 0 unspecified atom stereocenters. The van der Waals surface area contributed by atoms with Gasteiger partial charge in [0.2, 0.25) is 0 Å². The maximum Gasteiger partial charge on any atom is 0.137 e. The molecule has 142 valence electrons. The lowest BCUT2D eigenvalue weighted by atomic mass is 10.1. The minimum atomic E-state index is 0. The van der Waals surface area contributed by atoms with Crippen LogP contribution in [0.1, 0.15) is 24.6 Å². The lowest BCUT2D eigenvalue weighted by Crippen LogP contribution is -1.97. The van der Waals surface area contributed by atoms with Gasteiger partial charge in [0.15, 0.2) is 0 Å². The Morgan fingerprint density at radius 2 is 1.82 bits per heavy atom. The van der Waals surface area contributed by atoms with Crippen LogP contribution in [-0.4, -0.2) is 21.6 Å². The van der Waals surface area contributed by atoms with Gasteiger partial charge in [-0.3, -0.25) is 9.97 Å². The predicted molar refractivity (Wildman–Crippen MR) is 115 cm³/mol. The minimum Gasteiger partial charge on any atom is -0.495 e. The fourth-order valence-corrected chi connectivity index (χ4v) is 3.76. The molecule has 0 saturated heterocycles. The summed E-state index contributed by atoms with van der Waals surface area (Å²) in [4.78, 5) is 8.64. The average Bonchev–Trinajstić information content (AvgIpc) is 3.47. The number of nitrogens with zero attached hydrogens (tertiary/aromatic N) is 3. The number of aryl methyl sites for hydroxylation is 1. The fraction of sp³-hybridized carbons (Fsp3) is 0.217. The molecule has 5 rings (SSSR count). The molecular weight excluding hydrogens is 370 g/mol. The van der Waals surface area contributed by atoms with E-state index in [1.54, 1.807) is 13.3 Å². The molecule has 1 aliphatic carbocycles. The summed E-state index contributed by atoms with van der Waals surface area (Å²) >= 11 is 0. The average molecular weight is 392 g/mol. The van der Waals surface area contributed by atoms with Gasteiger partial charge in [-0.25, -0.2) is 0 Å². The van der Waals surface area contributed by atoms with Crippen molar-refractivity contribution < 1.29 is 4.74 Å². The molecule has 1 saturated carbocycles. The van der Waals surface area contributed by atoms with Crippen LogP contribution in [0.25, 0.3) is 33.3 Å². The van der Waals surface area contributed by atoms with Gasteiger partial charge >= 0.3 is 0 Å². The number of fused-ring (bicyclic) bond motifs is 1. The molecule has 0 N–H and O–H groups in total. The van der Waals surface area contributed by atoms with Crippen molar-refractivity contribution in [3.63, 3.8) is 0 Å². The first kappa shape index (κ1) is 18.5. The third-order valence-electron chi connectivity index (χ3n) is 5.23. The molecule has 0 spiro atoms. The van der Waals surface area contributed by atoms with Crippen molar-refractivity contribution in [1.29, 1.82) is 0 Å². The smallest absolute Gasteiger partial charge is 0.137 e. The zero-order chi connectivity index (χ0) is 18.4. The van der Waals surface area contributed by atoms with E-state index < -0.39 is 0 Å². The number of hydrogen-bond donors (Lipinski definition) is 0. The van der Waals surface area contributed by atoms with Crippen LogP contribution in [0.3, 0.4) is 0 Å². The van der Waals surface area contributed by atoms with Gasteiger partial charge in [-0.15, -0.1) is 12.4 Å². The summed E-state index contributed by atoms with van der Waals surface area (Å²) in [6.07, 6.45) is 8.02. The molecular formula is C23H22ClN3O. The molecule has 4 aromatic rings.